The van der Waals surface area contributed by atoms with E-state index >= 15 is 0 Å². The molecule has 0 aliphatic heterocycles. The van der Waals surface area contributed by atoms with Gasteiger partial charge in [-0.25, -0.2) is 4.39 Å². The molecule has 0 amide bonds. The molecule has 0 atom stereocenters. The second-order valence-electron chi connectivity index (χ2n) is 4.99. The second-order valence-corrected chi connectivity index (χ2v) is 4.99. The molecule has 0 heterocycles. The molecule has 0 saturated carbocycles. The van der Waals surface area contributed by atoms with Crippen molar-refractivity contribution in [1.29, 1.82) is 0 Å². The molecule has 1 rings (SSSR count). The molecule has 1 aromatic carbocycles. The predicted molar refractivity (Wildman–Crippen MR) is 67.2 cm³/mol. The third kappa shape index (κ3) is 4.62. The first kappa shape index (κ1) is 13.0. The van der Waals surface area contributed by atoms with Crippen molar-refractivity contribution >= 4 is 5.69 Å². The fraction of sp³-hybridized carbons (Fsp3) is 0.538. The summed E-state index contributed by atoms with van der Waals surface area (Å²) in [5, 5.41) is 0. The summed E-state index contributed by atoms with van der Waals surface area (Å²) in [6.07, 6.45) is 2.02. The number of anilines is 1. The molecule has 16 heavy (non-hydrogen) atoms. The molecule has 0 radical (unpaired) electrons. The molecule has 0 aliphatic carbocycles. The zero-order valence-corrected chi connectivity index (χ0v) is 10.3. The normalized spacial score (nSPS) is 11.6. The zero-order valence-electron chi connectivity index (χ0n) is 10.3. The highest BCUT2D eigenvalue weighted by Crippen LogP contribution is 2.15. The zero-order chi connectivity index (χ0) is 12.2. The maximum atomic E-state index is 12.7. The molecular weight excluding hydrogens is 203 g/mol. The first-order valence-corrected chi connectivity index (χ1v) is 5.64. The second kappa shape index (κ2) is 5.30. The lowest BCUT2D eigenvalue weighted by atomic mass is 10.00. The summed E-state index contributed by atoms with van der Waals surface area (Å²) in [6, 6.07) is 6.56. The van der Waals surface area contributed by atoms with E-state index in [1.807, 2.05) is 20.9 Å². The third-order valence-corrected chi connectivity index (χ3v) is 2.58. The van der Waals surface area contributed by atoms with Gasteiger partial charge in [-0.1, -0.05) is 0 Å². The Morgan fingerprint density at radius 2 is 1.81 bits per heavy atom. The summed E-state index contributed by atoms with van der Waals surface area (Å²) in [7, 11) is 2.01. The third-order valence-electron chi connectivity index (χ3n) is 2.58. The van der Waals surface area contributed by atoms with E-state index in [1.54, 1.807) is 12.1 Å². The molecule has 90 valence electrons. The first-order chi connectivity index (χ1) is 7.38. The van der Waals surface area contributed by atoms with Gasteiger partial charge < -0.3 is 10.6 Å². The summed E-state index contributed by atoms with van der Waals surface area (Å²) < 4.78 is 12.7. The Balaban J connectivity index is 2.41. The van der Waals surface area contributed by atoms with Crippen LogP contribution in [0.4, 0.5) is 10.1 Å². The van der Waals surface area contributed by atoms with Gasteiger partial charge in [-0.15, -0.1) is 0 Å². The fourth-order valence-electron chi connectivity index (χ4n) is 1.60. The Morgan fingerprint density at radius 1 is 1.25 bits per heavy atom. The van der Waals surface area contributed by atoms with Crippen LogP contribution in [0.2, 0.25) is 0 Å². The minimum atomic E-state index is -0.194. The van der Waals surface area contributed by atoms with E-state index in [2.05, 4.69) is 4.90 Å². The van der Waals surface area contributed by atoms with Crippen molar-refractivity contribution in [3.8, 4) is 0 Å². The molecule has 0 spiro atoms. The number of rotatable bonds is 5. The van der Waals surface area contributed by atoms with Gasteiger partial charge in [0.2, 0.25) is 0 Å². The molecular formula is C13H21FN2. The minimum absolute atomic E-state index is 0.108. The van der Waals surface area contributed by atoms with Crippen LogP contribution < -0.4 is 10.6 Å². The largest absolute Gasteiger partial charge is 0.375 e. The number of benzene rings is 1. The maximum absolute atomic E-state index is 12.7. The summed E-state index contributed by atoms with van der Waals surface area (Å²) in [4.78, 5) is 2.12. The van der Waals surface area contributed by atoms with Crippen LogP contribution >= 0.6 is 0 Å². The van der Waals surface area contributed by atoms with Gasteiger partial charge in [0.15, 0.2) is 0 Å². The van der Waals surface area contributed by atoms with E-state index in [9.17, 15) is 4.39 Å². The van der Waals surface area contributed by atoms with Crippen LogP contribution in [0.15, 0.2) is 24.3 Å². The highest BCUT2D eigenvalue weighted by atomic mass is 19.1. The number of nitrogens with zero attached hydrogens (tertiary/aromatic N) is 1. The summed E-state index contributed by atoms with van der Waals surface area (Å²) in [5.74, 6) is -0.194. The Bertz CT molecular complexity index is 314. The summed E-state index contributed by atoms with van der Waals surface area (Å²) in [5.41, 5.74) is 6.84. The molecule has 2 nitrogen and oxygen atoms in total. The van der Waals surface area contributed by atoms with Crippen molar-refractivity contribution in [2.24, 2.45) is 5.73 Å². The Morgan fingerprint density at radius 3 is 2.31 bits per heavy atom. The van der Waals surface area contributed by atoms with Crippen molar-refractivity contribution in [3.63, 3.8) is 0 Å². The maximum Gasteiger partial charge on any atom is 0.123 e. The number of hydrogen-bond acceptors (Lipinski definition) is 2. The van der Waals surface area contributed by atoms with Gasteiger partial charge in [0, 0.05) is 24.8 Å². The molecule has 0 aliphatic rings. The lowest BCUT2D eigenvalue weighted by Gasteiger charge is -2.23. The average molecular weight is 224 g/mol. The van der Waals surface area contributed by atoms with Crippen molar-refractivity contribution in [2.45, 2.75) is 32.2 Å². The highest BCUT2D eigenvalue weighted by molar-refractivity contribution is 5.45. The van der Waals surface area contributed by atoms with Gasteiger partial charge in [-0.2, -0.15) is 0 Å². The monoisotopic (exact) mass is 224 g/mol. The molecule has 0 saturated heterocycles. The average Bonchev–Trinajstić information content (AvgIpc) is 2.16. The Hall–Kier alpha value is -1.09. The van der Waals surface area contributed by atoms with Crippen LogP contribution in [-0.2, 0) is 0 Å². The Kier molecular flexibility index (Phi) is 4.30. The first-order valence-electron chi connectivity index (χ1n) is 5.64. The molecule has 0 bridgehead atoms. The van der Waals surface area contributed by atoms with Crippen molar-refractivity contribution < 1.29 is 4.39 Å². The lowest BCUT2D eigenvalue weighted by molar-refractivity contribution is 0.460. The fourth-order valence-corrected chi connectivity index (χ4v) is 1.60. The van der Waals surface area contributed by atoms with Crippen LogP contribution in [0.1, 0.15) is 26.7 Å². The van der Waals surface area contributed by atoms with E-state index in [0.29, 0.717) is 0 Å². The quantitative estimate of drug-likeness (QED) is 0.833. The topological polar surface area (TPSA) is 29.3 Å². The van der Waals surface area contributed by atoms with E-state index in [4.69, 9.17) is 5.73 Å². The summed E-state index contributed by atoms with van der Waals surface area (Å²) in [6.45, 7) is 5.00. The standard InChI is InChI=1S/C13H21FN2/c1-13(2,15)9-4-10-16(3)12-7-5-11(14)6-8-12/h5-8H,4,9-10,15H2,1-3H3. The number of halogens is 1. The highest BCUT2D eigenvalue weighted by Gasteiger charge is 2.10. The molecule has 0 unspecified atom stereocenters. The van der Waals surface area contributed by atoms with Crippen LogP contribution in [0.3, 0.4) is 0 Å². The molecule has 0 aromatic heterocycles. The molecule has 3 heteroatoms. The van der Waals surface area contributed by atoms with Gasteiger partial charge in [0.05, 0.1) is 0 Å². The van der Waals surface area contributed by atoms with E-state index in [0.717, 1.165) is 25.1 Å². The number of hydrogen-bond donors (Lipinski definition) is 1. The van der Waals surface area contributed by atoms with Crippen LogP contribution in [-0.4, -0.2) is 19.1 Å². The van der Waals surface area contributed by atoms with E-state index in [-0.39, 0.29) is 11.4 Å². The smallest absolute Gasteiger partial charge is 0.123 e. The van der Waals surface area contributed by atoms with Crippen LogP contribution in [0, 0.1) is 5.82 Å². The van der Waals surface area contributed by atoms with Crippen LogP contribution in [0.5, 0.6) is 0 Å². The van der Waals surface area contributed by atoms with Gasteiger partial charge in [0.25, 0.3) is 0 Å². The van der Waals surface area contributed by atoms with Gasteiger partial charge >= 0.3 is 0 Å². The molecule has 2 N–H and O–H groups in total. The van der Waals surface area contributed by atoms with Crippen molar-refractivity contribution in [3.05, 3.63) is 30.1 Å². The SMILES string of the molecule is CN(CCCC(C)(C)N)c1ccc(F)cc1. The van der Waals surface area contributed by atoms with Crippen LogP contribution in [0.25, 0.3) is 0 Å². The van der Waals surface area contributed by atoms with Gasteiger partial charge in [-0.3, -0.25) is 0 Å². The van der Waals surface area contributed by atoms with E-state index in [1.165, 1.54) is 12.1 Å². The minimum Gasteiger partial charge on any atom is -0.375 e. The number of nitrogens with two attached hydrogens (primary N) is 1. The Labute approximate surface area is 97.3 Å². The van der Waals surface area contributed by atoms with E-state index < -0.39 is 0 Å². The predicted octanol–water partition coefficient (Wildman–Crippen LogP) is 2.78. The molecule has 0 fully saturated rings. The van der Waals surface area contributed by atoms with Crippen molar-refractivity contribution in [1.82, 2.24) is 0 Å². The summed E-state index contributed by atoms with van der Waals surface area (Å²) >= 11 is 0. The van der Waals surface area contributed by atoms with Gasteiger partial charge in [-0.05, 0) is 51.0 Å². The van der Waals surface area contributed by atoms with Crippen molar-refractivity contribution in [2.75, 3.05) is 18.5 Å². The lowest BCUT2D eigenvalue weighted by Crippen LogP contribution is -2.33. The molecule has 1 aromatic rings. The van der Waals surface area contributed by atoms with Gasteiger partial charge in [0.1, 0.15) is 5.82 Å².